The van der Waals surface area contributed by atoms with E-state index in [9.17, 15) is 4.79 Å². The van der Waals surface area contributed by atoms with Crippen molar-refractivity contribution in [1.82, 2.24) is 20.3 Å². The van der Waals surface area contributed by atoms with Crippen molar-refractivity contribution in [3.63, 3.8) is 0 Å². The number of carbonyl (C=O) groups is 1. The lowest BCUT2D eigenvalue weighted by molar-refractivity contribution is 0.101. The zero-order valence-corrected chi connectivity index (χ0v) is 13.6. The average Bonchev–Trinajstić information content (AvgIpc) is 3.18. The van der Waals surface area contributed by atoms with Crippen LogP contribution in [0.25, 0.3) is 22.5 Å². The Hall–Kier alpha value is -2.67. The van der Waals surface area contributed by atoms with Crippen molar-refractivity contribution in [2.24, 2.45) is 0 Å². The zero-order chi connectivity index (χ0) is 16.7. The third-order valence-corrected chi connectivity index (χ3v) is 4.58. The molecule has 1 aliphatic carbocycles. The monoisotopic (exact) mass is 325 g/mol. The molecule has 3 heterocycles. The molecule has 0 unspecified atom stereocenters. The van der Waals surface area contributed by atoms with E-state index in [1.807, 2.05) is 19.3 Å². The second-order valence-corrected chi connectivity index (χ2v) is 6.18. The number of ketones is 1. The highest BCUT2D eigenvalue weighted by Crippen LogP contribution is 2.35. The van der Waals surface area contributed by atoms with Gasteiger partial charge in [-0.3, -0.25) is 4.79 Å². The van der Waals surface area contributed by atoms with Crippen molar-refractivity contribution in [3.8, 4) is 11.5 Å². The fraction of sp³-hybridized carbons (Fsp3) is 0.353. The van der Waals surface area contributed by atoms with Crippen molar-refractivity contribution in [2.45, 2.75) is 31.8 Å². The van der Waals surface area contributed by atoms with E-state index in [-0.39, 0.29) is 5.78 Å². The fourth-order valence-corrected chi connectivity index (χ4v) is 3.06. The Balaban J connectivity index is 1.73. The number of Topliss-reactive ketones (excluding diaryl/α,β-unsaturated/α-hetero) is 1. The Morgan fingerprint density at radius 2 is 2.21 bits per heavy atom. The number of rotatable bonds is 5. The molecule has 0 aromatic carbocycles. The molecule has 7 nitrogen and oxygen atoms in total. The molecule has 24 heavy (non-hydrogen) atoms. The average molecular weight is 325 g/mol. The number of hydrogen-bond donors (Lipinski definition) is 3. The maximum absolute atomic E-state index is 11.5. The molecule has 3 aromatic heterocycles. The molecule has 0 spiro atoms. The third kappa shape index (κ3) is 2.46. The van der Waals surface area contributed by atoms with E-state index in [2.05, 4.69) is 25.6 Å². The van der Waals surface area contributed by atoms with Crippen molar-refractivity contribution >= 4 is 22.5 Å². The van der Waals surface area contributed by atoms with Crippen LogP contribution in [0.3, 0.4) is 0 Å². The van der Waals surface area contributed by atoms with Gasteiger partial charge in [-0.15, -0.1) is 0 Å². The summed E-state index contributed by atoms with van der Waals surface area (Å²) in [6.07, 6.45) is 7.11. The smallest absolute Gasteiger partial charge is 0.230 e. The van der Waals surface area contributed by atoms with E-state index >= 15 is 0 Å². The number of anilines is 1. The molecule has 3 N–H and O–H groups in total. The number of aromatic nitrogens is 3. The summed E-state index contributed by atoms with van der Waals surface area (Å²) in [6.45, 7) is 1.47. The molecule has 0 amide bonds. The van der Waals surface area contributed by atoms with E-state index in [1.54, 1.807) is 6.20 Å². The van der Waals surface area contributed by atoms with Crippen LogP contribution < -0.4 is 10.6 Å². The SMILES string of the molecule is CNC1CC(Nc2c(-c3nc(C(C)=O)co3)cnc3[nH]ccc23)C1. The number of hydrogen-bond acceptors (Lipinski definition) is 6. The number of oxazole rings is 1. The van der Waals surface area contributed by atoms with E-state index < -0.39 is 0 Å². The van der Waals surface area contributed by atoms with E-state index in [1.165, 1.54) is 13.2 Å². The first-order valence-electron chi connectivity index (χ1n) is 8.02. The number of pyridine rings is 1. The van der Waals surface area contributed by atoms with Gasteiger partial charge in [0.1, 0.15) is 17.6 Å². The summed E-state index contributed by atoms with van der Waals surface area (Å²) in [5.41, 5.74) is 2.84. The summed E-state index contributed by atoms with van der Waals surface area (Å²) < 4.78 is 5.52. The first-order valence-corrected chi connectivity index (χ1v) is 8.02. The molecule has 4 rings (SSSR count). The molecule has 0 bridgehead atoms. The fourth-order valence-electron chi connectivity index (χ4n) is 3.06. The van der Waals surface area contributed by atoms with Crippen molar-refractivity contribution in [2.75, 3.05) is 12.4 Å². The van der Waals surface area contributed by atoms with Gasteiger partial charge >= 0.3 is 0 Å². The summed E-state index contributed by atoms with van der Waals surface area (Å²) in [7, 11) is 1.99. The van der Waals surface area contributed by atoms with Gasteiger partial charge in [0.25, 0.3) is 0 Å². The standard InChI is InChI=1S/C17H19N5O2/c1-9(23)14-8-24-17(22-14)13-7-20-16-12(3-4-19-16)15(13)21-11-5-10(6-11)18-2/h3-4,7-8,10-11,18H,5-6H2,1-2H3,(H2,19,20,21). The number of aromatic amines is 1. The van der Waals surface area contributed by atoms with E-state index in [4.69, 9.17) is 4.42 Å². The normalized spacial score (nSPS) is 20.1. The van der Waals surface area contributed by atoms with Crippen LogP contribution >= 0.6 is 0 Å². The van der Waals surface area contributed by atoms with Crippen LogP contribution in [-0.4, -0.2) is 39.9 Å². The lowest BCUT2D eigenvalue weighted by Crippen LogP contribution is -2.46. The molecule has 0 saturated heterocycles. The molecule has 0 aliphatic heterocycles. The predicted octanol–water partition coefficient (Wildman–Crippen LogP) is 2.58. The van der Waals surface area contributed by atoms with Crippen LogP contribution in [0, 0.1) is 0 Å². The third-order valence-electron chi connectivity index (χ3n) is 4.58. The molecular weight excluding hydrogens is 306 g/mol. The van der Waals surface area contributed by atoms with Crippen LogP contribution in [0.1, 0.15) is 30.3 Å². The maximum atomic E-state index is 11.5. The Morgan fingerprint density at radius 1 is 1.38 bits per heavy atom. The lowest BCUT2D eigenvalue weighted by Gasteiger charge is -2.36. The van der Waals surface area contributed by atoms with Crippen LogP contribution in [0.2, 0.25) is 0 Å². The minimum Gasteiger partial charge on any atom is -0.444 e. The van der Waals surface area contributed by atoms with Crippen LogP contribution in [0.5, 0.6) is 0 Å². The number of fused-ring (bicyclic) bond motifs is 1. The number of carbonyl (C=O) groups excluding carboxylic acids is 1. The van der Waals surface area contributed by atoms with Crippen molar-refractivity contribution < 1.29 is 9.21 Å². The minimum atomic E-state index is -0.119. The molecule has 1 saturated carbocycles. The topological polar surface area (TPSA) is 95.8 Å². The van der Waals surface area contributed by atoms with Gasteiger partial charge in [0.15, 0.2) is 5.78 Å². The predicted molar refractivity (Wildman–Crippen MR) is 91.1 cm³/mol. The Morgan fingerprint density at radius 3 is 2.92 bits per heavy atom. The number of nitrogens with zero attached hydrogens (tertiary/aromatic N) is 2. The highest BCUT2D eigenvalue weighted by atomic mass is 16.3. The molecular formula is C17H19N5O2. The first kappa shape index (κ1) is 14.9. The van der Waals surface area contributed by atoms with Gasteiger partial charge in [0.2, 0.25) is 5.89 Å². The van der Waals surface area contributed by atoms with Crippen LogP contribution in [0.15, 0.2) is 29.1 Å². The highest BCUT2D eigenvalue weighted by Gasteiger charge is 2.29. The Bertz CT molecular complexity index is 891. The summed E-state index contributed by atoms with van der Waals surface area (Å²) in [5.74, 6) is 0.286. The highest BCUT2D eigenvalue weighted by molar-refractivity contribution is 5.98. The summed E-state index contributed by atoms with van der Waals surface area (Å²) in [6, 6.07) is 2.93. The van der Waals surface area contributed by atoms with Gasteiger partial charge in [-0.2, -0.15) is 0 Å². The molecule has 3 aromatic rings. The van der Waals surface area contributed by atoms with Gasteiger partial charge in [-0.1, -0.05) is 0 Å². The zero-order valence-electron chi connectivity index (χ0n) is 13.6. The lowest BCUT2D eigenvalue weighted by atomic mass is 9.86. The summed E-state index contributed by atoms with van der Waals surface area (Å²) in [4.78, 5) is 23.3. The molecule has 1 aliphatic rings. The van der Waals surface area contributed by atoms with Gasteiger partial charge in [0, 0.05) is 36.8 Å². The van der Waals surface area contributed by atoms with Gasteiger partial charge in [-0.05, 0) is 26.0 Å². The van der Waals surface area contributed by atoms with Crippen molar-refractivity contribution in [3.05, 3.63) is 30.4 Å². The Labute approximate surface area is 138 Å². The second-order valence-electron chi connectivity index (χ2n) is 6.18. The molecule has 124 valence electrons. The number of nitrogens with one attached hydrogen (secondary N) is 3. The van der Waals surface area contributed by atoms with Crippen molar-refractivity contribution in [1.29, 1.82) is 0 Å². The quantitative estimate of drug-likeness (QED) is 0.624. The van der Waals surface area contributed by atoms with Crippen LogP contribution in [-0.2, 0) is 0 Å². The molecule has 1 fully saturated rings. The van der Waals surface area contributed by atoms with E-state index in [0.29, 0.717) is 23.7 Å². The summed E-state index contributed by atoms with van der Waals surface area (Å²) >= 11 is 0. The molecule has 0 radical (unpaired) electrons. The first-order chi connectivity index (χ1) is 11.7. The molecule has 0 atom stereocenters. The minimum absolute atomic E-state index is 0.119. The van der Waals surface area contributed by atoms with Crippen LogP contribution in [0.4, 0.5) is 5.69 Å². The maximum Gasteiger partial charge on any atom is 0.230 e. The number of H-pyrrole nitrogens is 1. The van der Waals surface area contributed by atoms with Gasteiger partial charge < -0.3 is 20.0 Å². The van der Waals surface area contributed by atoms with E-state index in [0.717, 1.165) is 35.1 Å². The molecule has 7 heteroatoms. The largest absolute Gasteiger partial charge is 0.444 e. The Kier molecular flexibility index (Phi) is 3.57. The second kappa shape index (κ2) is 5.76. The summed E-state index contributed by atoms with van der Waals surface area (Å²) in [5, 5.41) is 7.87. The van der Waals surface area contributed by atoms with Gasteiger partial charge in [-0.25, -0.2) is 9.97 Å². The van der Waals surface area contributed by atoms with Gasteiger partial charge in [0.05, 0.1) is 11.3 Å².